The second-order valence-electron chi connectivity index (χ2n) is 29.2. The lowest BCUT2D eigenvalue weighted by Crippen LogP contribution is -2.17. The Labute approximate surface area is 496 Å². The molecular weight excluding hydrogens is 1030 g/mol. The zero-order valence-electron chi connectivity index (χ0n) is 50.8. The summed E-state index contributed by atoms with van der Waals surface area (Å²) in [7, 11) is 0. The van der Waals surface area contributed by atoms with Crippen LogP contribution in [0.1, 0.15) is 105 Å². The van der Waals surface area contributed by atoms with Gasteiger partial charge in [0.05, 0.1) is 0 Å². The Bertz CT molecular complexity index is 5380. The first-order chi connectivity index (χ1) is 40.6. The molecule has 0 atom stereocenters. The molecule has 0 nitrogen and oxygen atoms in total. The van der Waals surface area contributed by atoms with Crippen LogP contribution < -0.4 is 0 Å². The van der Waals surface area contributed by atoms with Crippen molar-refractivity contribution in [1.29, 1.82) is 0 Å². The molecule has 0 aromatic heterocycles. The minimum Gasteiger partial charge on any atom is -0.206 e. The van der Waals surface area contributed by atoms with Crippen molar-refractivity contribution in [3.05, 3.63) is 216 Å². The van der Waals surface area contributed by atoms with E-state index in [1.165, 1.54) is 169 Å². The quantitative estimate of drug-likeness (QED) is 0.122. The molecule has 1 heteroatoms. The second-order valence-corrected chi connectivity index (χ2v) is 29.2. The Morgan fingerprint density at radius 3 is 0.976 bits per heavy atom. The Balaban J connectivity index is 1.02. The van der Waals surface area contributed by atoms with E-state index in [1.807, 2.05) is 12.1 Å². The standard InChI is InChI=1S/C84H67F/c1-81(2,3)46-37-44(38-47(41-46)82(4,5)6)68-50-21-13-14-22-51(50)69(45-39-48(83(7,8)9)42-49(40-45)84(10,11)12)79-64-36-33-59-57-31-34-62-74-60(30-29-56(71(57)74)58-32-35-63(78(68)79)75(64)72(58)59)65-43-66-70(61-27-19-20-28-67(61)85)52-23-15-16-24-53(52)73-54-25-17-18-26-55(54)77(76(62)65)80(66)73/h13-43H,1-12H3. The van der Waals surface area contributed by atoms with Crippen LogP contribution in [0.5, 0.6) is 0 Å². The predicted octanol–water partition coefficient (Wildman–Crippen LogP) is 24.7. The van der Waals surface area contributed by atoms with Crippen molar-refractivity contribution >= 4 is 118 Å². The molecule has 1 aliphatic carbocycles. The fourth-order valence-corrected chi connectivity index (χ4v) is 15.8. The average molecular weight is 1100 g/mol. The Morgan fingerprint density at radius 2 is 0.518 bits per heavy atom. The van der Waals surface area contributed by atoms with Crippen LogP contribution in [-0.4, -0.2) is 0 Å². The van der Waals surface area contributed by atoms with E-state index in [1.54, 1.807) is 12.1 Å². The van der Waals surface area contributed by atoms with Crippen molar-refractivity contribution in [2.45, 2.75) is 105 Å². The van der Waals surface area contributed by atoms with Crippen LogP contribution in [0.3, 0.4) is 0 Å². The summed E-state index contributed by atoms with van der Waals surface area (Å²) >= 11 is 0. The van der Waals surface area contributed by atoms with Crippen molar-refractivity contribution < 1.29 is 4.39 Å². The van der Waals surface area contributed by atoms with Crippen molar-refractivity contribution in [3.8, 4) is 55.6 Å². The summed E-state index contributed by atoms with van der Waals surface area (Å²) in [5.41, 5.74) is 17.2. The number of hydrogen-bond acceptors (Lipinski definition) is 0. The van der Waals surface area contributed by atoms with E-state index in [0.717, 1.165) is 21.7 Å². The van der Waals surface area contributed by atoms with Crippen LogP contribution in [0.2, 0.25) is 0 Å². The lowest BCUT2D eigenvalue weighted by atomic mass is 9.75. The van der Waals surface area contributed by atoms with Gasteiger partial charge in [-0.25, -0.2) is 4.39 Å². The van der Waals surface area contributed by atoms with Crippen molar-refractivity contribution in [2.75, 3.05) is 0 Å². The van der Waals surface area contributed by atoms with E-state index < -0.39 is 0 Å². The van der Waals surface area contributed by atoms with Gasteiger partial charge in [0.1, 0.15) is 5.82 Å². The molecule has 0 amide bonds. The van der Waals surface area contributed by atoms with Crippen molar-refractivity contribution in [2.24, 2.45) is 0 Å². The van der Waals surface area contributed by atoms with Crippen LogP contribution in [-0.2, 0) is 21.7 Å². The largest absolute Gasteiger partial charge is 0.206 e. The summed E-state index contributed by atoms with van der Waals surface area (Å²) in [6.45, 7) is 28.3. The SMILES string of the molecule is CC(C)(C)c1cc(-c2c3c(c(-c4cc(C(C)(C)C)cc(C(C)(C)C)c4)c4ccccc24)-c2ccc4c5ccc6c7c(ccc(c8ccc-3c2c84)c57)c2cc3c(-c4ccccc4F)c4ccccc4c4c5ccccc5c(c26)c34)cc(C(C)(C)C)c1. The molecule has 0 saturated carbocycles. The third-order valence-electron chi connectivity index (χ3n) is 20.0. The minimum atomic E-state index is -0.205. The van der Waals surface area contributed by atoms with Crippen LogP contribution in [0, 0.1) is 5.82 Å². The number of halogens is 1. The van der Waals surface area contributed by atoms with Gasteiger partial charge in [-0.15, -0.1) is 0 Å². The van der Waals surface area contributed by atoms with E-state index >= 15 is 4.39 Å². The zero-order chi connectivity index (χ0) is 58.3. The number of hydrogen-bond donors (Lipinski definition) is 0. The molecule has 16 aromatic rings. The lowest BCUT2D eigenvalue weighted by Gasteiger charge is -2.29. The average Bonchev–Trinajstić information content (AvgIpc) is 1.56. The van der Waals surface area contributed by atoms with E-state index in [2.05, 4.69) is 247 Å². The first kappa shape index (κ1) is 50.6. The van der Waals surface area contributed by atoms with Gasteiger partial charge in [0.2, 0.25) is 0 Å². The first-order valence-corrected chi connectivity index (χ1v) is 30.7. The Morgan fingerprint density at radius 1 is 0.212 bits per heavy atom. The highest BCUT2D eigenvalue weighted by Crippen LogP contribution is 2.62. The van der Waals surface area contributed by atoms with Gasteiger partial charge in [0.15, 0.2) is 0 Å². The molecule has 0 radical (unpaired) electrons. The van der Waals surface area contributed by atoms with Crippen LogP contribution in [0.4, 0.5) is 4.39 Å². The molecule has 0 unspecified atom stereocenters. The number of fused-ring (bicyclic) bond motifs is 15. The molecule has 0 heterocycles. The predicted molar refractivity (Wildman–Crippen MR) is 368 cm³/mol. The van der Waals surface area contributed by atoms with Crippen LogP contribution >= 0.6 is 0 Å². The molecule has 0 aliphatic heterocycles. The fourth-order valence-electron chi connectivity index (χ4n) is 15.8. The second kappa shape index (κ2) is 16.7. The van der Waals surface area contributed by atoms with E-state index in [4.69, 9.17) is 0 Å². The highest BCUT2D eigenvalue weighted by molar-refractivity contribution is 6.51. The van der Waals surface area contributed by atoms with Gasteiger partial charge in [0.25, 0.3) is 0 Å². The summed E-state index contributed by atoms with van der Waals surface area (Å²) < 4.78 is 16.4. The Kier molecular flexibility index (Phi) is 9.94. The topological polar surface area (TPSA) is 0 Å². The summed E-state index contributed by atoms with van der Waals surface area (Å²) in [4.78, 5) is 0. The van der Waals surface area contributed by atoms with Gasteiger partial charge in [0, 0.05) is 11.1 Å². The molecule has 85 heavy (non-hydrogen) atoms. The van der Waals surface area contributed by atoms with E-state index in [9.17, 15) is 0 Å². The monoisotopic (exact) mass is 1090 g/mol. The molecular formula is C84H67F. The molecule has 17 rings (SSSR count). The fraction of sp³-hybridized carbons (Fsp3) is 0.190. The third kappa shape index (κ3) is 6.79. The molecule has 0 spiro atoms. The molecule has 0 saturated heterocycles. The minimum absolute atomic E-state index is 0.0652. The smallest absolute Gasteiger partial charge is 0.131 e. The number of rotatable bonds is 3. The molecule has 16 aromatic carbocycles. The van der Waals surface area contributed by atoms with Crippen LogP contribution in [0.25, 0.3) is 174 Å². The molecule has 0 fully saturated rings. The van der Waals surface area contributed by atoms with E-state index in [0.29, 0.717) is 5.56 Å². The van der Waals surface area contributed by atoms with E-state index in [-0.39, 0.29) is 27.5 Å². The van der Waals surface area contributed by atoms with Gasteiger partial charge < -0.3 is 0 Å². The summed E-state index contributed by atoms with van der Waals surface area (Å²) in [5, 5.41) is 27.5. The Hall–Kier alpha value is -8.91. The first-order valence-electron chi connectivity index (χ1n) is 30.7. The molecule has 410 valence electrons. The van der Waals surface area contributed by atoms with Gasteiger partial charge in [-0.1, -0.05) is 259 Å². The maximum absolute atomic E-state index is 16.4. The zero-order valence-corrected chi connectivity index (χ0v) is 50.8. The highest BCUT2D eigenvalue weighted by Gasteiger charge is 2.35. The van der Waals surface area contributed by atoms with Gasteiger partial charge in [-0.3, -0.25) is 0 Å². The maximum Gasteiger partial charge on any atom is 0.131 e. The lowest BCUT2D eigenvalue weighted by molar-refractivity contribution is 0.568. The molecule has 0 bridgehead atoms. The third-order valence-corrected chi connectivity index (χ3v) is 20.0. The normalized spacial score (nSPS) is 13.5. The van der Waals surface area contributed by atoms with Crippen molar-refractivity contribution in [1.82, 2.24) is 0 Å². The summed E-state index contributed by atoms with van der Waals surface area (Å²) in [6.07, 6.45) is 0. The van der Waals surface area contributed by atoms with Gasteiger partial charge in [-0.2, -0.15) is 0 Å². The molecule has 1 aliphatic rings. The highest BCUT2D eigenvalue weighted by atomic mass is 19.1. The molecule has 0 N–H and O–H groups in total. The van der Waals surface area contributed by atoms with Gasteiger partial charge >= 0.3 is 0 Å². The number of benzene rings is 14. The maximum atomic E-state index is 16.4. The summed E-state index contributed by atoms with van der Waals surface area (Å²) in [6, 6.07) is 71.4. The summed E-state index contributed by atoms with van der Waals surface area (Å²) in [5.74, 6) is -0.205. The van der Waals surface area contributed by atoms with Crippen molar-refractivity contribution in [3.63, 3.8) is 0 Å². The van der Waals surface area contributed by atoms with Crippen LogP contribution in [0.15, 0.2) is 188 Å². The van der Waals surface area contributed by atoms with Gasteiger partial charge in [-0.05, 0) is 219 Å².